The number of nitrogens with zero attached hydrogens (tertiary/aromatic N) is 5. The highest BCUT2D eigenvalue weighted by molar-refractivity contribution is 6.12. The maximum Gasteiger partial charge on any atom is 0.160 e. The highest BCUT2D eigenvalue weighted by Gasteiger charge is 2.17. The lowest BCUT2D eigenvalue weighted by Crippen LogP contribution is -1.96. The number of fused-ring (bicyclic) bond motifs is 6. The van der Waals surface area contributed by atoms with E-state index in [0.717, 1.165) is 50.6 Å². The van der Waals surface area contributed by atoms with Crippen LogP contribution in [0.5, 0.6) is 0 Å². The molecule has 0 fully saturated rings. The van der Waals surface area contributed by atoms with Gasteiger partial charge in [0.15, 0.2) is 5.82 Å². The number of hydrogen-bond donors (Lipinski definition) is 0. The van der Waals surface area contributed by atoms with Crippen molar-refractivity contribution in [2.75, 3.05) is 0 Å². The molecule has 5 heteroatoms. The Hall–Kier alpha value is -8.07. The van der Waals surface area contributed by atoms with Gasteiger partial charge >= 0.3 is 0 Å². The monoisotopic (exact) mass is 739 g/mol. The van der Waals surface area contributed by atoms with Gasteiger partial charge in [-0.2, -0.15) is 5.26 Å². The zero-order valence-corrected chi connectivity index (χ0v) is 31.3. The van der Waals surface area contributed by atoms with Crippen LogP contribution in [0.2, 0.25) is 0 Å². The third-order valence-electron chi connectivity index (χ3n) is 11.2. The Labute approximate surface area is 335 Å². The molecule has 0 spiro atoms. The third-order valence-corrected chi connectivity index (χ3v) is 11.2. The van der Waals surface area contributed by atoms with E-state index in [4.69, 9.17) is 9.97 Å². The average molecular weight is 740 g/mol. The van der Waals surface area contributed by atoms with E-state index in [0.29, 0.717) is 11.4 Å². The van der Waals surface area contributed by atoms with Gasteiger partial charge in [-0.1, -0.05) is 121 Å². The van der Waals surface area contributed by atoms with Crippen LogP contribution in [0, 0.1) is 11.3 Å². The van der Waals surface area contributed by atoms with Gasteiger partial charge in [0.25, 0.3) is 0 Å². The summed E-state index contributed by atoms with van der Waals surface area (Å²) in [6.07, 6.45) is 0. The normalized spacial score (nSPS) is 11.4. The Morgan fingerprint density at radius 1 is 0.345 bits per heavy atom. The van der Waals surface area contributed by atoms with Gasteiger partial charge in [0.05, 0.1) is 45.1 Å². The summed E-state index contributed by atoms with van der Waals surface area (Å²) in [5, 5.41) is 14.3. The molecule has 0 aliphatic rings. The van der Waals surface area contributed by atoms with Gasteiger partial charge in [-0.15, -0.1) is 0 Å². The predicted octanol–water partition coefficient (Wildman–Crippen LogP) is 13.2. The molecular formula is C53H33N5. The van der Waals surface area contributed by atoms with Crippen LogP contribution in [-0.4, -0.2) is 19.1 Å². The summed E-state index contributed by atoms with van der Waals surface area (Å²) in [4.78, 5) is 9.92. The molecule has 8 aromatic carbocycles. The topological polar surface area (TPSA) is 59.4 Å². The molecule has 0 unspecified atom stereocenters. The van der Waals surface area contributed by atoms with E-state index in [9.17, 15) is 5.26 Å². The zero-order valence-electron chi connectivity index (χ0n) is 31.3. The molecule has 0 aliphatic carbocycles. The molecule has 0 amide bonds. The van der Waals surface area contributed by atoms with Gasteiger partial charge in [-0.25, -0.2) is 9.97 Å². The van der Waals surface area contributed by atoms with Crippen LogP contribution in [0.15, 0.2) is 200 Å². The first-order chi connectivity index (χ1) is 28.7. The van der Waals surface area contributed by atoms with Crippen molar-refractivity contribution >= 4 is 43.6 Å². The van der Waals surface area contributed by atoms with Crippen LogP contribution in [-0.2, 0) is 0 Å². The van der Waals surface area contributed by atoms with Crippen LogP contribution in [0.4, 0.5) is 0 Å². The first-order valence-corrected chi connectivity index (χ1v) is 19.4. The van der Waals surface area contributed by atoms with E-state index in [1.165, 1.54) is 43.6 Å². The molecule has 0 aliphatic heterocycles. The second-order valence-electron chi connectivity index (χ2n) is 14.6. The predicted molar refractivity (Wildman–Crippen MR) is 237 cm³/mol. The lowest BCUT2D eigenvalue weighted by molar-refractivity contribution is 1.17. The summed E-state index contributed by atoms with van der Waals surface area (Å²) < 4.78 is 4.76. The SMILES string of the molecule is N#Cc1ccc(-c2nc(-c3ccccc3)cc(-c3ccc(-c4ccc(-n5c6ccccc6c6cc(-n7c8ccccc8c8ccccc87)ccc65)cc4)cc3)n2)cc1. The number of hydrogen-bond acceptors (Lipinski definition) is 3. The smallest absolute Gasteiger partial charge is 0.160 e. The maximum atomic E-state index is 9.32. The molecule has 0 radical (unpaired) electrons. The van der Waals surface area contributed by atoms with Gasteiger partial charge in [0.1, 0.15) is 0 Å². The first-order valence-electron chi connectivity index (χ1n) is 19.4. The van der Waals surface area contributed by atoms with Crippen molar-refractivity contribution in [1.82, 2.24) is 19.1 Å². The van der Waals surface area contributed by atoms with Crippen LogP contribution in [0.3, 0.4) is 0 Å². The Kier molecular flexibility index (Phi) is 7.80. The molecule has 0 saturated carbocycles. The largest absolute Gasteiger partial charge is 0.309 e. The van der Waals surface area contributed by atoms with Crippen molar-refractivity contribution in [3.63, 3.8) is 0 Å². The van der Waals surface area contributed by atoms with Crippen molar-refractivity contribution in [3.05, 3.63) is 206 Å². The molecule has 0 saturated heterocycles. The highest BCUT2D eigenvalue weighted by Crippen LogP contribution is 2.37. The summed E-state index contributed by atoms with van der Waals surface area (Å²) in [5.41, 5.74) is 14.4. The zero-order chi connectivity index (χ0) is 38.6. The maximum absolute atomic E-state index is 9.32. The van der Waals surface area contributed by atoms with E-state index >= 15 is 0 Å². The summed E-state index contributed by atoms with van der Waals surface area (Å²) >= 11 is 0. The van der Waals surface area contributed by atoms with Crippen LogP contribution < -0.4 is 0 Å². The molecule has 3 heterocycles. The number of benzene rings is 8. The summed E-state index contributed by atoms with van der Waals surface area (Å²) in [7, 11) is 0. The minimum Gasteiger partial charge on any atom is -0.309 e. The van der Waals surface area contributed by atoms with Crippen molar-refractivity contribution in [2.45, 2.75) is 0 Å². The Balaban J connectivity index is 0.946. The van der Waals surface area contributed by atoms with Gasteiger partial charge in [-0.3, -0.25) is 0 Å². The van der Waals surface area contributed by atoms with Crippen molar-refractivity contribution in [1.29, 1.82) is 5.26 Å². The van der Waals surface area contributed by atoms with Crippen LogP contribution >= 0.6 is 0 Å². The quantitative estimate of drug-likeness (QED) is 0.171. The van der Waals surface area contributed by atoms with Gasteiger partial charge in [0.2, 0.25) is 0 Å². The summed E-state index contributed by atoms with van der Waals surface area (Å²) in [5.74, 6) is 0.619. The van der Waals surface area contributed by atoms with Crippen molar-refractivity contribution < 1.29 is 0 Å². The molecule has 3 aromatic heterocycles. The molecule has 0 N–H and O–H groups in total. The van der Waals surface area contributed by atoms with Crippen LogP contribution in [0.1, 0.15) is 5.56 Å². The number of nitriles is 1. The number of aromatic nitrogens is 4. The molecule has 58 heavy (non-hydrogen) atoms. The fraction of sp³-hybridized carbons (Fsp3) is 0. The van der Waals surface area contributed by atoms with Crippen molar-refractivity contribution in [3.8, 4) is 62.5 Å². The fourth-order valence-electron chi connectivity index (χ4n) is 8.39. The standard InChI is InChI=1S/C53H33N5/c54-34-35-18-20-40(21-19-35)53-55-47(38-10-2-1-3-11-38)33-48(56-53)39-24-22-36(23-25-39)37-26-28-41(29-27-37)57-51-17-9-6-14-45(51)46-32-42(30-31-52(46)57)58-49-15-7-4-12-43(49)44-13-5-8-16-50(44)58/h1-33H. The van der Waals surface area contributed by atoms with E-state index in [1.54, 1.807) is 12.1 Å². The van der Waals surface area contributed by atoms with E-state index in [-0.39, 0.29) is 0 Å². The molecule has 11 aromatic rings. The van der Waals surface area contributed by atoms with Crippen LogP contribution in [0.25, 0.3) is 100 Å². The Morgan fingerprint density at radius 3 is 1.36 bits per heavy atom. The number of rotatable bonds is 6. The minimum absolute atomic E-state index is 0.604. The molecule has 11 rings (SSSR count). The van der Waals surface area contributed by atoms with Crippen molar-refractivity contribution in [2.24, 2.45) is 0 Å². The van der Waals surface area contributed by atoms with Gasteiger partial charge < -0.3 is 9.13 Å². The fourth-order valence-corrected chi connectivity index (χ4v) is 8.39. The number of para-hydroxylation sites is 3. The Bertz CT molecular complexity index is 3310. The third kappa shape index (κ3) is 5.55. The summed E-state index contributed by atoms with van der Waals surface area (Å²) in [6, 6.07) is 72.1. The highest BCUT2D eigenvalue weighted by atomic mass is 15.0. The lowest BCUT2D eigenvalue weighted by atomic mass is 10.0. The molecule has 0 bridgehead atoms. The molecular weight excluding hydrogens is 707 g/mol. The second kappa shape index (κ2) is 13.6. The van der Waals surface area contributed by atoms with Gasteiger partial charge in [-0.05, 0) is 90.0 Å². The van der Waals surface area contributed by atoms with E-state index in [2.05, 4.69) is 167 Å². The first kappa shape index (κ1) is 33.3. The molecule has 270 valence electrons. The second-order valence-corrected chi connectivity index (χ2v) is 14.6. The summed E-state index contributed by atoms with van der Waals surface area (Å²) in [6.45, 7) is 0. The minimum atomic E-state index is 0.604. The average Bonchev–Trinajstić information content (AvgIpc) is 3.82. The Morgan fingerprint density at radius 2 is 0.776 bits per heavy atom. The molecule has 5 nitrogen and oxygen atoms in total. The lowest BCUT2D eigenvalue weighted by Gasteiger charge is -2.12. The molecule has 0 atom stereocenters. The van der Waals surface area contributed by atoms with E-state index in [1.807, 2.05) is 36.4 Å². The van der Waals surface area contributed by atoms with Gasteiger partial charge in [0, 0.05) is 49.6 Å². The van der Waals surface area contributed by atoms with E-state index < -0.39 is 0 Å².